The third-order valence-electron chi connectivity index (χ3n) is 5.23. The first-order valence-electron chi connectivity index (χ1n) is 9.05. The summed E-state index contributed by atoms with van der Waals surface area (Å²) < 4.78 is 10.8. The second kappa shape index (κ2) is 9.71. The summed E-state index contributed by atoms with van der Waals surface area (Å²) in [5.41, 5.74) is 7.31. The highest BCUT2D eigenvalue weighted by atomic mass is 35.5. The van der Waals surface area contributed by atoms with Gasteiger partial charge in [0.2, 0.25) is 5.91 Å². The molecule has 1 amide bonds. The summed E-state index contributed by atoms with van der Waals surface area (Å²) in [7, 11) is 0. The number of carbonyl (C=O) groups is 1. The molecule has 1 aromatic carbocycles. The summed E-state index contributed by atoms with van der Waals surface area (Å²) in [5, 5.41) is 5.01. The number of nitrogens with two attached hydrogens (primary N) is 1. The van der Waals surface area contributed by atoms with E-state index in [1.165, 1.54) is 0 Å². The predicted octanol–water partition coefficient (Wildman–Crippen LogP) is 2.36. The highest BCUT2D eigenvalue weighted by Crippen LogP contribution is 2.33. The van der Waals surface area contributed by atoms with E-state index in [1.54, 1.807) is 12.4 Å². The summed E-state index contributed by atoms with van der Waals surface area (Å²) in [6, 6.07) is 5.98. The Bertz CT molecular complexity index is 809. The van der Waals surface area contributed by atoms with Gasteiger partial charge in [0, 0.05) is 55.2 Å². The van der Waals surface area contributed by atoms with Gasteiger partial charge in [-0.2, -0.15) is 0 Å². The van der Waals surface area contributed by atoms with Crippen molar-refractivity contribution in [2.24, 2.45) is 5.73 Å². The van der Waals surface area contributed by atoms with Gasteiger partial charge in [0.1, 0.15) is 5.54 Å². The molecule has 1 aromatic heterocycles. The Morgan fingerprint density at radius 1 is 1.04 bits per heavy atom. The molecule has 0 atom stereocenters. The fourth-order valence-electron chi connectivity index (χ4n) is 3.57. The normalized spacial score (nSPS) is 18.7. The maximum absolute atomic E-state index is 12.8. The molecule has 7 nitrogen and oxygen atoms in total. The average molecular weight is 429 g/mol. The van der Waals surface area contributed by atoms with E-state index in [0.717, 1.165) is 48.5 Å². The van der Waals surface area contributed by atoms with Crippen molar-refractivity contribution in [2.45, 2.75) is 18.4 Å². The van der Waals surface area contributed by atoms with Crippen LogP contribution in [0, 0.1) is 0 Å². The Balaban J connectivity index is 0.00000140. The molecule has 2 aromatic rings. The number of amides is 1. The minimum absolute atomic E-state index is 0. The highest BCUT2D eigenvalue weighted by Gasteiger charge is 2.36. The zero-order valence-corrected chi connectivity index (χ0v) is 17.2. The van der Waals surface area contributed by atoms with Gasteiger partial charge >= 0.3 is 0 Å². The van der Waals surface area contributed by atoms with Crippen LogP contribution in [0.4, 0.5) is 11.4 Å². The van der Waals surface area contributed by atoms with Crippen molar-refractivity contribution in [3.63, 3.8) is 0 Å². The Kier molecular flexibility index (Phi) is 7.86. The zero-order valence-electron chi connectivity index (χ0n) is 15.6. The first-order valence-corrected chi connectivity index (χ1v) is 9.05. The monoisotopic (exact) mass is 428 g/mol. The molecule has 0 spiro atoms. The van der Waals surface area contributed by atoms with E-state index in [1.807, 2.05) is 12.1 Å². The predicted molar refractivity (Wildman–Crippen MR) is 115 cm³/mol. The van der Waals surface area contributed by atoms with Crippen LogP contribution in [-0.2, 0) is 14.3 Å². The molecular weight excluding hydrogens is 403 g/mol. The van der Waals surface area contributed by atoms with Crippen LogP contribution in [0.2, 0.25) is 0 Å². The van der Waals surface area contributed by atoms with Crippen LogP contribution in [0.1, 0.15) is 12.8 Å². The maximum atomic E-state index is 12.8. The Labute approximate surface area is 176 Å². The molecule has 2 aliphatic heterocycles. The van der Waals surface area contributed by atoms with Gasteiger partial charge in [-0.25, -0.2) is 0 Å². The minimum atomic E-state index is -0.879. The molecule has 154 valence electrons. The molecule has 0 unspecified atom stereocenters. The topological polar surface area (TPSA) is 89.7 Å². The Morgan fingerprint density at radius 3 is 2.43 bits per heavy atom. The van der Waals surface area contributed by atoms with Crippen LogP contribution in [0.3, 0.4) is 0 Å². The lowest BCUT2D eigenvalue weighted by molar-refractivity contribution is -0.124. The number of hydrogen-bond acceptors (Lipinski definition) is 6. The average Bonchev–Trinajstić information content (AvgIpc) is 2.69. The van der Waals surface area contributed by atoms with E-state index < -0.39 is 5.54 Å². The summed E-state index contributed by atoms with van der Waals surface area (Å²) >= 11 is 0. The number of aromatic nitrogens is 1. The molecule has 3 N–H and O–H groups in total. The number of anilines is 2. The first kappa shape index (κ1) is 22.6. The summed E-state index contributed by atoms with van der Waals surface area (Å²) in [6.07, 6.45) is 4.63. The Hall–Kier alpha value is -1.64. The fourth-order valence-corrected chi connectivity index (χ4v) is 3.57. The standard InChI is InChI=1S/C19H24N4O3.2ClH/c20-19(4-9-25-10-5-19)18(24)22-16-1-2-17(23-7-11-26-12-8-23)14-3-6-21-13-15(14)16;;/h1-3,6,13H,4-5,7-12,20H2,(H,22,24);2*1H. The number of carbonyl (C=O) groups excluding carboxylic acids is 1. The van der Waals surface area contributed by atoms with Gasteiger partial charge in [0.05, 0.1) is 18.9 Å². The molecule has 28 heavy (non-hydrogen) atoms. The fraction of sp³-hybridized carbons (Fsp3) is 0.474. The number of fused-ring (bicyclic) bond motifs is 1. The van der Waals surface area contributed by atoms with Crippen molar-refractivity contribution in [3.8, 4) is 0 Å². The van der Waals surface area contributed by atoms with Gasteiger partial charge in [-0.3, -0.25) is 9.78 Å². The third-order valence-corrected chi connectivity index (χ3v) is 5.23. The lowest BCUT2D eigenvalue weighted by Gasteiger charge is -2.32. The van der Waals surface area contributed by atoms with Crippen molar-refractivity contribution in [2.75, 3.05) is 49.7 Å². The summed E-state index contributed by atoms with van der Waals surface area (Å²) in [5.74, 6) is -0.162. The van der Waals surface area contributed by atoms with Crippen LogP contribution < -0.4 is 16.0 Å². The van der Waals surface area contributed by atoms with E-state index in [9.17, 15) is 4.79 Å². The highest BCUT2D eigenvalue weighted by molar-refractivity contribution is 6.08. The van der Waals surface area contributed by atoms with Crippen molar-refractivity contribution >= 4 is 52.9 Å². The number of ether oxygens (including phenoxy) is 2. The van der Waals surface area contributed by atoms with Crippen LogP contribution in [0.15, 0.2) is 30.6 Å². The number of halogens is 2. The van der Waals surface area contributed by atoms with Crippen LogP contribution >= 0.6 is 24.8 Å². The van der Waals surface area contributed by atoms with Crippen molar-refractivity contribution < 1.29 is 14.3 Å². The second-order valence-electron chi connectivity index (χ2n) is 6.88. The molecule has 0 aliphatic carbocycles. The Morgan fingerprint density at radius 2 is 1.71 bits per heavy atom. The van der Waals surface area contributed by atoms with Gasteiger partial charge in [-0.05, 0) is 31.0 Å². The van der Waals surface area contributed by atoms with E-state index in [-0.39, 0.29) is 30.7 Å². The van der Waals surface area contributed by atoms with Crippen molar-refractivity contribution in [3.05, 3.63) is 30.6 Å². The minimum Gasteiger partial charge on any atom is -0.381 e. The number of pyridine rings is 1. The number of benzene rings is 1. The zero-order chi connectivity index (χ0) is 18.0. The van der Waals surface area contributed by atoms with E-state index >= 15 is 0 Å². The van der Waals surface area contributed by atoms with E-state index in [0.29, 0.717) is 26.1 Å². The molecule has 2 saturated heterocycles. The number of nitrogens with zero attached hydrogens (tertiary/aromatic N) is 2. The maximum Gasteiger partial charge on any atom is 0.244 e. The summed E-state index contributed by atoms with van der Waals surface area (Å²) in [4.78, 5) is 19.3. The number of morpholine rings is 1. The smallest absolute Gasteiger partial charge is 0.244 e. The molecule has 0 radical (unpaired) electrons. The molecule has 2 fully saturated rings. The van der Waals surface area contributed by atoms with Crippen LogP contribution in [0.5, 0.6) is 0 Å². The SMILES string of the molecule is Cl.Cl.NC1(C(=O)Nc2ccc(N3CCOCC3)c3ccncc23)CCOCC1. The largest absolute Gasteiger partial charge is 0.381 e. The van der Waals surface area contributed by atoms with Crippen molar-refractivity contribution in [1.82, 2.24) is 4.98 Å². The molecule has 4 rings (SSSR count). The van der Waals surface area contributed by atoms with Gasteiger partial charge < -0.3 is 25.4 Å². The molecule has 0 bridgehead atoms. The quantitative estimate of drug-likeness (QED) is 0.779. The number of nitrogens with one attached hydrogen (secondary N) is 1. The number of rotatable bonds is 3. The van der Waals surface area contributed by atoms with E-state index in [4.69, 9.17) is 15.2 Å². The molecule has 9 heteroatoms. The molecule has 0 saturated carbocycles. The second-order valence-corrected chi connectivity index (χ2v) is 6.88. The molecule has 2 aliphatic rings. The van der Waals surface area contributed by atoms with Gasteiger partial charge in [0.25, 0.3) is 0 Å². The van der Waals surface area contributed by atoms with Gasteiger partial charge in [-0.15, -0.1) is 24.8 Å². The van der Waals surface area contributed by atoms with Crippen molar-refractivity contribution in [1.29, 1.82) is 0 Å². The molecule has 3 heterocycles. The molecular formula is C19H26Cl2N4O3. The third kappa shape index (κ3) is 4.50. The van der Waals surface area contributed by atoms with Crippen LogP contribution in [0.25, 0.3) is 10.8 Å². The van der Waals surface area contributed by atoms with Gasteiger partial charge in [-0.1, -0.05) is 0 Å². The lowest BCUT2D eigenvalue weighted by atomic mass is 9.90. The van der Waals surface area contributed by atoms with E-state index in [2.05, 4.69) is 21.3 Å². The first-order chi connectivity index (χ1) is 12.7. The van der Waals surface area contributed by atoms with Crippen LogP contribution in [-0.4, -0.2) is 55.9 Å². The lowest BCUT2D eigenvalue weighted by Crippen LogP contribution is -2.54. The number of hydrogen-bond donors (Lipinski definition) is 2. The summed E-state index contributed by atoms with van der Waals surface area (Å²) in [6.45, 7) is 4.19. The van der Waals surface area contributed by atoms with Gasteiger partial charge in [0.15, 0.2) is 0 Å².